The molecule has 0 aliphatic carbocycles. The number of nitrogens with one attached hydrogen (secondary N) is 2. The highest BCUT2D eigenvalue weighted by molar-refractivity contribution is 5.71. The lowest BCUT2D eigenvalue weighted by atomic mass is 10.1. The van der Waals surface area contributed by atoms with Crippen molar-refractivity contribution >= 4 is 11.4 Å². The van der Waals surface area contributed by atoms with E-state index >= 15 is 0 Å². The van der Waals surface area contributed by atoms with Gasteiger partial charge in [-0.2, -0.15) is 0 Å². The Morgan fingerprint density at radius 1 is 1.39 bits per heavy atom. The Morgan fingerprint density at radius 3 is 2.78 bits per heavy atom. The van der Waals surface area contributed by atoms with E-state index in [-0.39, 0.29) is 0 Å². The molecule has 0 unspecified atom stereocenters. The topological polar surface area (TPSA) is 27.3 Å². The zero-order valence-electron chi connectivity index (χ0n) is 11.8. The van der Waals surface area contributed by atoms with Crippen molar-refractivity contribution in [3.63, 3.8) is 0 Å². The zero-order chi connectivity index (χ0) is 13.4. The molecule has 0 aliphatic heterocycles. The number of nitrogens with zero attached hydrogens (tertiary/aromatic N) is 1. The summed E-state index contributed by atoms with van der Waals surface area (Å²) in [6.45, 7) is 7.95. The number of aryl methyl sites for hydroxylation is 1. The fourth-order valence-corrected chi connectivity index (χ4v) is 1.94. The van der Waals surface area contributed by atoms with E-state index in [4.69, 9.17) is 0 Å². The van der Waals surface area contributed by atoms with Gasteiger partial charge in [0.05, 0.1) is 11.4 Å². The summed E-state index contributed by atoms with van der Waals surface area (Å²) in [5, 5.41) is 6.41. The molecule has 2 N–H and O–H groups in total. The highest BCUT2D eigenvalue weighted by atomic mass is 15.1. The predicted molar refractivity (Wildman–Crippen MR) is 81.5 cm³/mol. The standard InChI is InChI=1S/C15H25N3/c1-5-17-14-12-13(8-7-11-16-3)9-10-15(14)18(4)6-2/h5,9-10,12,16-17H,1,6-8,11H2,2-4H3. The molecular weight excluding hydrogens is 222 g/mol. The quantitative estimate of drug-likeness (QED) is 0.692. The maximum absolute atomic E-state index is 3.75. The average molecular weight is 247 g/mol. The van der Waals surface area contributed by atoms with Crippen LogP contribution in [0.3, 0.4) is 0 Å². The fourth-order valence-electron chi connectivity index (χ4n) is 1.94. The SMILES string of the molecule is C=CNc1cc(CCCNC)ccc1N(C)CC. The minimum Gasteiger partial charge on any atom is -0.373 e. The van der Waals surface area contributed by atoms with Gasteiger partial charge in [0.1, 0.15) is 0 Å². The second kappa shape index (κ2) is 7.77. The zero-order valence-corrected chi connectivity index (χ0v) is 11.8. The molecule has 3 nitrogen and oxygen atoms in total. The summed E-state index contributed by atoms with van der Waals surface area (Å²) in [7, 11) is 4.09. The van der Waals surface area contributed by atoms with E-state index in [9.17, 15) is 0 Å². The van der Waals surface area contributed by atoms with Gasteiger partial charge in [0.2, 0.25) is 0 Å². The molecule has 0 aromatic heterocycles. The molecule has 0 radical (unpaired) electrons. The van der Waals surface area contributed by atoms with Crippen LogP contribution in [0.1, 0.15) is 18.9 Å². The number of rotatable bonds is 8. The number of hydrogen-bond donors (Lipinski definition) is 2. The molecule has 0 heterocycles. The monoisotopic (exact) mass is 247 g/mol. The lowest BCUT2D eigenvalue weighted by Crippen LogP contribution is -2.17. The molecule has 0 atom stereocenters. The third kappa shape index (κ3) is 4.08. The van der Waals surface area contributed by atoms with Crippen molar-refractivity contribution in [1.82, 2.24) is 5.32 Å². The third-order valence-corrected chi connectivity index (χ3v) is 3.10. The largest absolute Gasteiger partial charge is 0.373 e. The van der Waals surface area contributed by atoms with E-state index in [1.165, 1.54) is 11.3 Å². The van der Waals surface area contributed by atoms with Crippen LogP contribution in [0.5, 0.6) is 0 Å². The van der Waals surface area contributed by atoms with Crippen molar-refractivity contribution in [2.45, 2.75) is 19.8 Å². The van der Waals surface area contributed by atoms with Crippen LogP contribution in [0.15, 0.2) is 31.0 Å². The lowest BCUT2D eigenvalue weighted by Gasteiger charge is -2.21. The van der Waals surface area contributed by atoms with E-state index in [1.807, 2.05) is 7.05 Å². The van der Waals surface area contributed by atoms with Crippen molar-refractivity contribution in [3.8, 4) is 0 Å². The Labute approximate surface area is 111 Å². The highest BCUT2D eigenvalue weighted by Crippen LogP contribution is 2.26. The average Bonchev–Trinajstić information content (AvgIpc) is 2.39. The van der Waals surface area contributed by atoms with Crippen LogP contribution in [0, 0.1) is 0 Å². The normalized spacial score (nSPS) is 10.2. The smallest absolute Gasteiger partial charge is 0.0620 e. The Bertz CT molecular complexity index is 374. The second-order valence-corrected chi connectivity index (χ2v) is 4.42. The summed E-state index contributed by atoms with van der Waals surface area (Å²) in [6.07, 6.45) is 4.00. The summed E-state index contributed by atoms with van der Waals surface area (Å²) in [5.74, 6) is 0. The van der Waals surface area contributed by atoms with Gasteiger partial charge in [-0.3, -0.25) is 0 Å². The van der Waals surface area contributed by atoms with Gasteiger partial charge in [0, 0.05) is 13.6 Å². The van der Waals surface area contributed by atoms with Gasteiger partial charge < -0.3 is 15.5 Å². The van der Waals surface area contributed by atoms with E-state index in [0.29, 0.717) is 0 Å². The summed E-state index contributed by atoms with van der Waals surface area (Å²) in [6, 6.07) is 6.62. The van der Waals surface area contributed by atoms with Crippen LogP contribution in [0.25, 0.3) is 0 Å². The van der Waals surface area contributed by atoms with Crippen molar-refractivity contribution in [3.05, 3.63) is 36.5 Å². The molecule has 1 aromatic carbocycles. The van der Waals surface area contributed by atoms with Crippen LogP contribution in [0.4, 0.5) is 11.4 Å². The molecule has 3 heteroatoms. The van der Waals surface area contributed by atoms with Crippen molar-refractivity contribution in [2.75, 3.05) is 37.4 Å². The minimum absolute atomic E-state index is 0.991. The Kier molecular flexibility index (Phi) is 6.29. The molecule has 0 saturated heterocycles. The molecule has 0 fully saturated rings. The van der Waals surface area contributed by atoms with Gasteiger partial charge in [-0.25, -0.2) is 0 Å². The Hall–Kier alpha value is -1.48. The first-order chi connectivity index (χ1) is 8.72. The van der Waals surface area contributed by atoms with Crippen LogP contribution in [-0.2, 0) is 6.42 Å². The molecule has 100 valence electrons. The second-order valence-electron chi connectivity index (χ2n) is 4.42. The van der Waals surface area contributed by atoms with Crippen molar-refractivity contribution < 1.29 is 0 Å². The molecule has 18 heavy (non-hydrogen) atoms. The van der Waals surface area contributed by atoms with Crippen LogP contribution < -0.4 is 15.5 Å². The van der Waals surface area contributed by atoms with Crippen LogP contribution in [-0.4, -0.2) is 27.2 Å². The number of anilines is 2. The van der Waals surface area contributed by atoms with E-state index < -0.39 is 0 Å². The van der Waals surface area contributed by atoms with Gasteiger partial charge in [-0.15, -0.1) is 0 Å². The first-order valence-electron chi connectivity index (χ1n) is 6.59. The summed E-state index contributed by atoms with van der Waals surface area (Å²) in [5.41, 5.74) is 3.72. The van der Waals surface area contributed by atoms with Gasteiger partial charge >= 0.3 is 0 Å². The number of hydrogen-bond acceptors (Lipinski definition) is 3. The van der Waals surface area contributed by atoms with E-state index in [2.05, 4.69) is 54.3 Å². The molecule has 1 aromatic rings. The maximum atomic E-state index is 3.75. The number of benzene rings is 1. The van der Waals surface area contributed by atoms with Gasteiger partial charge in [-0.05, 0) is 57.3 Å². The highest BCUT2D eigenvalue weighted by Gasteiger charge is 2.06. The van der Waals surface area contributed by atoms with E-state index in [0.717, 1.165) is 31.6 Å². The lowest BCUT2D eigenvalue weighted by molar-refractivity contribution is 0.725. The van der Waals surface area contributed by atoms with Gasteiger partial charge in [0.25, 0.3) is 0 Å². The first kappa shape index (κ1) is 14.6. The molecule has 0 spiro atoms. The molecular formula is C15H25N3. The van der Waals surface area contributed by atoms with Crippen LogP contribution >= 0.6 is 0 Å². The molecule has 0 aliphatic rings. The van der Waals surface area contributed by atoms with E-state index in [1.54, 1.807) is 6.20 Å². The van der Waals surface area contributed by atoms with Gasteiger partial charge in [-0.1, -0.05) is 12.6 Å². The first-order valence-corrected chi connectivity index (χ1v) is 6.59. The summed E-state index contributed by atoms with van der Waals surface area (Å²) >= 11 is 0. The summed E-state index contributed by atoms with van der Waals surface area (Å²) < 4.78 is 0. The summed E-state index contributed by atoms with van der Waals surface area (Å²) in [4.78, 5) is 2.23. The van der Waals surface area contributed by atoms with Crippen molar-refractivity contribution in [1.29, 1.82) is 0 Å². The maximum Gasteiger partial charge on any atom is 0.0620 e. The molecule has 1 rings (SSSR count). The molecule has 0 amide bonds. The van der Waals surface area contributed by atoms with Gasteiger partial charge in [0.15, 0.2) is 0 Å². The van der Waals surface area contributed by atoms with Crippen LogP contribution in [0.2, 0.25) is 0 Å². The van der Waals surface area contributed by atoms with Crippen molar-refractivity contribution in [2.24, 2.45) is 0 Å². The molecule has 0 bridgehead atoms. The third-order valence-electron chi connectivity index (χ3n) is 3.10. The fraction of sp³-hybridized carbons (Fsp3) is 0.467. The molecule has 0 saturated carbocycles. The Balaban J connectivity index is 2.84. The predicted octanol–water partition coefficient (Wildman–Crippen LogP) is 2.85. The minimum atomic E-state index is 0.991. The Morgan fingerprint density at radius 2 is 2.17 bits per heavy atom.